The van der Waals surface area contributed by atoms with Crippen molar-refractivity contribution < 1.29 is 14.6 Å². The molecule has 226 valence electrons. The van der Waals surface area contributed by atoms with Crippen LogP contribution in [-0.4, -0.2) is 17.7 Å². The standard InChI is InChI=1S/C36H64O3/c1-5-7-9-10-11-12-13-14-15-16-17-18-19-20-21-22-23-24-30-39-35(38)28-26-32-25-27-34(37)33(31-32)36(3,4)29-8-6-2/h25,27,31,37H,5-24,26,28-30H2,1-4H3. The van der Waals surface area contributed by atoms with Gasteiger partial charge in [0.15, 0.2) is 0 Å². The van der Waals surface area contributed by atoms with Gasteiger partial charge in [-0.1, -0.05) is 162 Å². The minimum Gasteiger partial charge on any atom is -0.508 e. The largest absolute Gasteiger partial charge is 0.508 e. The lowest BCUT2D eigenvalue weighted by Crippen LogP contribution is -2.17. The Morgan fingerprint density at radius 3 is 1.64 bits per heavy atom. The second-order valence-corrected chi connectivity index (χ2v) is 12.6. The molecule has 3 nitrogen and oxygen atoms in total. The molecule has 39 heavy (non-hydrogen) atoms. The molecule has 0 unspecified atom stereocenters. The van der Waals surface area contributed by atoms with Gasteiger partial charge in [-0.25, -0.2) is 0 Å². The van der Waals surface area contributed by atoms with Gasteiger partial charge < -0.3 is 9.84 Å². The Morgan fingerprint density at radius 2 is 1.15 bits per heavy atom. The number of aryl methyl sites for hydroxylation is 1. The summed E-state index contributed by atoms with van der Waals surface area (Å²) in [7, 11) is 0. The van der Waals surface area contributed by atoms with Crippen LogP contribution >= 0.6 is 0 Å². The number of ether oxygens (including phenoxy) is 1. The zero-order chi connectivity index (χ0) is 28.6. The van der Waals surface area contributed by atoms with Crippen molar-refractivity contribution in [2.24, 2.45) is 0 Å². The topological polar surface area (TPSA) is 46.5 Å². The van der Waals surface area contributed by atoms with Crippen molar-refractivity contribution in [2.75, 3.05) is 6.61 Å². The summed E-state index contributed by atoms with van der Waals surface area (Å²) >= 11 is 0. The summed E-state index contributed by atoms with van der Waals surface area (Å²) < 4.78 is 5.48. The second-order valence-electron chi connectivity index (χ2n) is 12.6. The van der Waals surface area contributed by atoms with Gasteiger partial charge in [0.05, 0.1) is 6.61 Å². The van der Waals surface area contributed by atoms with Crippen LogP contribution in [0.15, 0.2) is 18.2 Å². The van der Waals surface area contributed by atoms with E-state index < -0.39 is 0 Å². The summed E-state index contributed by atoms with van der Waals surface area (Å²) in [6.45, 7) is 9.40. The van der Waals surface area contributed by atoms with Crippen LogP contribution in [0.3, 0.4) is 0 Å². The lowest BCUT2D eigenvalue weighted by molar-refractivity contribution is -0.143. The number of hydrogen-bond acceptors (Lipinski definition) is 3. The van der Waals surface area contributed by atoms with Crippen molar-refractivity contribution in [1.82, 2.24) is 0 Å². The molecule has 0 amide bonds. The Kier molecular flexibility index (Phi) is 21.1. The van der Waals surface area contributed by atoms with Gasteiger partial charge in [0.25, 0.3) is 0 Å². The van der Waals surface area contributed by atoms with Crippen molar-refractivity contribution in [3.63, 3.8) is 0 Å². The third-order valence-electron chi connectivity index (χ3n) is 8.32. The average molecular weight is 545 g/mol. The number of phenols is 1. The number of aromatic hydroxyl groups is 1. The molecule has 0 spiro atoms. The minimum atomic E-state index is -0.109. The molecule has 1 aromatic rings. The summed E-state index contributed by atoms with van der Waals surface area (Å²) in [5, 5.41) is 10.4. The first kappa shape index (κ1) is 35.5. The first-order chi connectivity index (χ1) is 18.9. The van der Waals surface area contributed by atoms with E-state index in [1.807, 2.05) is 6.07 Å². The Balaban J connectivity index is 1.97. The second kappa shape index (κ2) is 23.2. The van der Waals surface area contributed by atoms with E-state index in [9.17, 15) is 9.90 Å². The average Bonchev–Trinajstić information content (AvgIpc) is 2.92. The SMILES string of the molecule is CCCCCCCCCCCCCCCCCCCCOC(=O)CCc1ccc(O)c(C(C)(C)CCCC)c1. The molecule has 0 radical (unpaired) electrons. The van der Waals surface area contributed by atoms with Gasteiger partial charge in [-0.05, 0) is 41.9 Å². The first-order valence-electron chi connectivity index (χ1n) is 16.9. The molecule has 1 rings (SSSR count). The highest BCUT2D eigenvalue weighted by Gasteiger charge is 2.23. The maximum Gasteiger partial charge on any atom is 0.306 e. The van der Waals surface area contributed by atoms with Crippen molar-refractivity contribution in [2.45, 2.75) is 181 Å². The third-order valence-corrected chi connectivity index (χ3v) is 8.32. The van der Waals surface area contributed by atoms with E-state index in [2.05, 4.69) is 33.8 Å². The molecule has 0 aliphatic carbocycles. The molecule has 0 aliphatic rings. The Labute approximate surface area is 242 Å². The van der Waals surface area contributed by atoms with Gasteiger partial charge in [-0.3, -0.25) is 4.79 Å². The molecule has 0 saturated carbocycles. The fourth-order valence-corrected chi connectivity index (χ4v) is 5.54. The first-order valence-corrected chi connectivity index (χ1v) is 16.9. The number of carbonyl (C=O) groups is 1. The fourth-order valence-electron chi connectivity index (χ4n) is 5.54. The predicted octanol–water partition coefficient (Wildman–Crippen LogP) is 11.4. The van der Waals surface area contributed by atoms with Gasteiger partial charge >= 0.3 is 5.97 Å². The van der Waals surface area contributed by atoms with E-state index in [0.717, 1.165) is 43.2 Å². The molecule has 0 bridgehead atoms. The van der Waals surface area contributed by atoms with Crippen LogP contribution < -0.4 is 0 Å². The number of esters is 1. The van der Waals surface area contributed by atoms with Gasteiger partial charge in [0, 0.05) is 6.42 Å². The zero-order valence-electron chi connectivity index (χ0n) is 26.5. The molecule has 3 heteroatoms. The lowest BCUT2D eigenvalue weighted by Gasteiger charge is -2.26. The van der Waals surface area contributed by atoms with Crippen LogP contribution in [0.25, 0.3) is 0 Å². The number of hydrogen-bond donors (Lipinski definition) is 1. The maximum atomic E-state index is 12.2. The highest BCUT2D eigenvalue weighted by Crippen LogP contribution is 2.35. The van der Waals surface area contributed by atoms with E-state index in [1.165, 1.54) is 103 Å². The van der Waals surface area contributed by atoms with Crippen molar-refractivity contribution in [3.8, 4) is 5.75 Å². The van der Waals surface area contributed by atoms with Crippen molar-refractivity contribution in [3.05, 3.63) is 29.3 Å². The highest BCUT2D eigenvalue weighted by molar-refractivity contribution is 5.69. The summed E-state index contributed by atoms with van der Waals surface area (Å²) in [5.74, 6) is 0.248. The molecular weight excluding hydrogens is 480 g/mol. The third kappa shape index (κ3) is 18.5. The van der Waals surface area contributed by atoms with Crippen LogP contribution in [0, 0.1) is 0 Å². The summed E-state index contributed by atoms with van der Waals surface area (Å²) in [6.07, 6.45) is 28.9. The van der Waals surface area contributed by atoms with Crippen LogP contribution in [0.1, 0.15) is 180 Å². The van der Waals surface area contributed by atoms with E-state index in [-0.39, 0.29) is 11.4 Å². The molecule has 1 N–H and O–H groups in total. The number of phenolic OH excluding ortho intramolecular Hbond substituents is 1. The van der Waals surface area contributed by atoms with Crippen molar-refractivity contribution in [1.29, 1.82) is 0 Å². The molecule has 1 aromatic carbocycles. The molecule has 0 aromatic heterocycles. The van der Waals surface area contributed by atoms with E-state index in [0.29, 0.717) is 25.2 Å². The zero-order valence-corrected chi connectivity index (χ0v) is 26.5. The van der Waals surface area contributed by atoms with Gasteiger partial charge in [-0.2, -0.15) is 0 Å². The molecule has 0 fully saturated rings. The van der Waals surface area contributed by atoms with Crippen LogP contribution in [0.5, 0.6) is 5.75 Å². The number of carbonyl (C=O) groups excluding carboxylic acids is 1. The maximum absolute atomic E-state index is 12.2. The van der Waals surface area contributed by atoms with Gasteiger partial charge in [0.1, 0.15) is 5.75 Å². The van der Waals surface area contributed by atoms with Gasteiger partial charge in [0.2, 0.25) is 0 Å². The predicted molar refractivity (Wildman–Crippen MR) is 169 cm³/mol. The van der Waals surface area contributed by atoms with Crippen LogP contribution in [-0.2, 0) is 21.4 Å². The lowest BCUT2D eigenvalue weighted by atomic mass is 9.79. The smallest absolute Gasteiger partial charge is 0.306 e. The Bertz CT molecular complexity index is 724. The van der Waals surface area contributed by atoms with Crippen LogP contribution in [0.2, 0.25) is 0 Å². The fraction of sp³-hybridized carbons (Fsp3) is 0.806. The molecular formula is C36H64O3. The number of unbranched alkanes of at least 4 members (excludes halogenated alkanes) is 18. The summed E-state index contributed by atoms with van der Waals surface area (Å²) in [5.41, 5.74) is 2.02. The number of rotatable bonds is 26. The Hall–Kier alpha value is -1.51. The number of benzene rings is 1. The molecule has 0 atom stereocenters. The summed E-state index contributed by atoms with van der Waals surface area (Å²) in [4.78, 5) is 12.2. The normalized spacial score (nSPS) is 11.7. The van der Waals surface area contributed by atoms with Crippen molar-refractivity contribution >= 4 is 5.97 Å². The van der Waals surface area contributed by atoms with E-state index in [4.69, 9.17) is 4.74 Å². The van der Waals surface area contributed by atoms with E-state index >= 15 is 0 Å². The molecule has 0 heterocycles. The summed E-state index contributed by atoms with van der Waals surface area (Å²) in [6, 6.07) is 5.79. The highest BCUT2D eigenvalue weighted by atomic mass is 16.5. The van der Waals surface area contributed by atoms with E-state index in [1.54, 1.807) is 6.07 Å². The molecule has 0 saturated heterocycles. The van der Waals surface area contributed by atoms with Crippen LogP contribution in [0.4, 0.5) is 0 Å². The quantitative estimate of drug-likeness (QED) is 0.0931. The Morgan fingerprint density at radius 1 is 0.692 bits per heavy atom. The monoisotopic (exact) mass is 544 g/mol. The molecule has 0 aliphatic heterocycles. The van der Waals surface area contributed by atoms with Gasteiger partial charge in [-0.15, -0.1) is 0 Å². The minimum absolute atomic E-state index is 0.0662.